The minimum absolute atomic E-state index is 0.518. The largest absolute Gasteiger partial charge is 0.496 e. The molecule has 0 aliphatic heterocycles. The van der Waals surface area contributed by atoms with Crippen LogP contribution in [0.1, 0.15) is 31.9 Å². The second-order valence-electron chi connectivity index (χ2n) is 5.42. The molecule has 18 heavy (non-hydrogen) atoms. The Hall–Kier alpha value is -1.22. The second-order valence-corrected chi connectivity index (χ2v) is 5.42. The molecule has 1 N–H and O–H groups in total. The first-order chi connectivity index (χ1) is 8.54. The Morgan fingerprint density at radius 3 is 2.67 bits per heavy atom. The van der Waals surface area contributed by atoms with E-state index in [9.17, 15) is 5.11 Å². The molecule has 2 rings (SSSR count). The lowest BCUT2D eigenvalue weighted by Gasteiger charge is -2.25. The van der Waals surface area contributed by atoms with Crippen LogP contribution in [0.2, 0.25) is 0 Å². The zero-order valence-electron chi connectivity index (χ0n) is 11.7. The van der Waals surface area contributed by atoms with Crippen LogP contribution in [-0.2, 0) is 0 Å². The van der Waals surface area contributed by atoms with Crippen molar-refractivity contribution in [2.75, 3.05) is 25.6 Å². The third-order valence-corrected chi connectivity index (χ3v) is 3.88. The molecule has 1 aliphatic carbocycles. The van der Waals surface area contributed by atoms with E-state index in [2.05, 4.69) is 24.9 Å². The van der Waals surface area contributed by atoms with E-state index in [1.165, 1.54) is 6.42 Å². The smallest absolute Gasteiger partial charge is 0.126 e. The van der Waals surface area contributed by atoms with Crippen molar-refractivity contribution >= 4 is 5.69 Å². The Kier molecular flexibility index (Phi) is 3.81. The van der Waals surface area contributed by atoms with Crippen molar-refractivity contribution in [3.05, 3.63) is 23.8 Å². The first kappa shape index (κ1) is 13.2. The predicted octanol–water partition coefficient (Wildman–Crippen LogP) is 2.84. The van der Waals surface area contributed by atoms with Crippen molar-refractivity contribution in [2.45, 2.75) is 26.4 Å². The molecule has 3 heteroatoms. The Morgan fingerprint density at radius 2 is 2.17 bits per heavy atom. The summed E-state index contributed by atoms with van der Waals surface area (Å²) in [6.45, 7) is 5.13. The van der Waals surface area contributed by atoms with Gasteiger partial charge in [0.25, 0.3) is 0 Å². The van der Waals surface area contributed by atoms with Gasteiger partial charge in [0, 0.05) is 24.8 Å². The van der Waals surface area contributed by atoms with Crippen LogP contribution in [0.25, 0.3) is 0 Å². The number of ether oxygens (including phenoxy) is 1. The molecule has 0 radical (unpaired) electrons. The molecule has 0 amide bonds. The van der Waals surface area contributed by atoms with E-state index in [1.54, 1.807) is 14.0 Å². The Morgan fingerprint density at radius 1 is 1.50 bits per heavy atom. The highest BCUT2D eigenvalue weighted by molar-refractivity contribution is 5.60. The number of methoxy groups -OCH3 is 1. The zero-order chi connectivity index (χ0) is 13.3. The second kappa shape index (κ2) is 5.19. The number of benzene rings is 1. The number of nitrogens with zero attached hydrogens (tertiary/aromatic N) is 1. The fourth-order valence-corrected chi connectivity index (χ4v) is 2.57. The Bertz CT molecular complexity index is 417. The van der Waals surface area contributed by atoms with Crippen LogP contribution < -0.4 is 9.64 Å². The summed E-state index contributed by atoms with van der Waals surface area (Å²) in [4.78, 5) is 2.23. The summed E-state index contributed by atoms with van der Waals surface area (Å²) in [6, 6.07) is 5.93. The summed E-state index contributed by atoms with van der Waals surface area (Å²) in [6.07, 6.45) is 0.799. The molecule has 3 atom stereocenters. The van der Waals surface area contributed by atoms with Crippen LogP contribution in [0.3, 0.4) is 0 Å². The third kappa shape index (κ3) is 2.61. The number of aliphatic hydroxyl groups excluding tert-OH is 1. The number of hydrogen-bond donors (Lipinski definition) is 1. The standard InChI is InChI=1S/C15H23NO2/c1-10-8-12(10)9-16(3)13-6-5-7-14(18-4)15(13)11(2)17/h5-7,10-12,17H,8-9H2,1-4H3. The summed E-state index contributed by atoms with van der Waals surface area (Å²) in [7, 11) is 3.74. The number of rotatable bonds is 5. The fourth-order valence-electron chi connectivity index (χ4n) is 2.57. The maximum atomic E-state index is 9.96. The van der Waals surface area contributed by atoms with Crippen molar-refractivity contribution in [2.24, 2.45) is 11.8 Å². The van der Waals surface area contributed by atoms with Gasteiger partial charge in [-0.15, -0.1) is 0 Å². The van der Waals surface area contributed by atoms with Crippen molar-refractivity contribution in [3.63, 3.8) is 0 Å². The quantitative estimate of drug-likeness (QED) is 0.871. The van der Waals surface area contributed by atoms with Gasteiger partial charge in [0.05, 0.1) is 13.2 Å². The van der Waals surface area contributed by atoms with Gasteiger partial charge in [-0.25, -0.2) is 0 Å². The lowest BCUT2D eigenvalue weighted by Crippen LogP contribution is -2.22. The fraction of sp³-hybridized carbons (Fsp3) is 0.600. The molecule has 0 aromatic heterocycles. The lowest BCUT2D eigenvalue weighted by atomic mass is 10.1. The van der Waals surface area contributed by atoms with Crippen LogP contribution in [-0.4, -0.2) is 25.8 Å². The van der Waals surface area contributed by atoms with E-state index in [0.717, 1.165) is 35.4 Å². The van der Waals surface area contributed by atoms with Crippen molar-refractivity contribution in [3.8, 4) is 5.75 Å². The molecular formula is C15H23NO2. The average Bonchev–Trinajstić information content (AvgIpc) is 3.03. The molecule has 0 spiro atoms. The van der Waals surface area contributed by atoms with Crippen molar-refractivity contribution in [1.82, 2.24) is 0 Å². The molecule has 1 aliphatic rings. The minimum Gasteiger partial charge on any atom is -0.496 e. The SMILES string of the molecule is COc1cccc(N(C)CC2CC2C)c1C(C)O. The van der Waals surface area contributed by atoms with E-state index >= 15 is 0 Å². The van der Waals surface area contributed by atoms with E-state index in [4.69, 9.17) is 4.74 Å². The topological polar surface area (TPSA) is 32.7 Å². The van der Waals surface area contributed by atoms with Gasteiger partial charge in [-0.1, -0.05) is 13.0 Å². The molecule has 100 valence electrons. The van der Waals surface area contributed by atoms with Crippen molar-refractivity contribution in [1.29, 1.82) is 0 Å². The van der Waals surface area contributed by atoms with Crippen LogP contribution in [0.5, 0.6) is 5.75 Å². The summed E-state index contributed by atoms with van der Waals surface area (Å²) in [5.41, 5.74) is 1.96. The Balaban J connectivity index is 2.25. The van der Waals surface area contributed by atoms with Gasteiger partial charge >= 0.3 is 0 Å². The molecule has 1 fully saturated rings. The molecule has 0 saturated heterocycles. The molecular weight excluding hydrogens is 226 g/mol. The zero-order valence-corrected chi connectivity index (χ0v) is 11.7. The highest BCUT2D eigenvalue weighted by Crippen LogP contribution is 2.40. The van der Waals surface area contributed by atoms with Gasteiger partial charge < -0.3 is 14.7 Å². The van der Waals surface area contributed by atoms with Gasteiger partial charge in [-0.3, -0.25) is 0 Å². The maximum absolute atomic E-state index is 9.96. The Labute approximate surface area is 109 Å². The highest BCUT2D eigenvalue weighted by Gasteiger charge is 2.33. The minimum atomic E-state index is -0.518. The molecule has 1 saturated carbocycles. The number of hydrogen-bond acceptors (Lipinski definition) is 3. The lowest BCUT2D eigenvalue weighted by molar-refractivity contribution is 0.194. The van der Waals surface area contributed by atoms with Crippen LogP contribution in [0.15, 0.2) is 18.2 Å². The maximum Gasteiger partial charge on any atom is 0.126 e. The molecule has 3 nitrogen and oxygen atoms in total. The van der Waals surface area contributed by atoms with Gasteiger partial charge in [-0.2, -0.15) is 0 Å². The molecule has 0 heterocycles. The van der Waals surface area contributed by atoms with E-state index in [-0.39, 0.29) is 0 Å². The summed E-state index contributed by atoms with van der Waals surface area (Å²) in [5.74, 6) is 2.40. The summed E-state index contributed by atoms with van der Waals surface area (Å²) in [5, 5.41) is 9.96. The van der Waals surface area contributed by atoms with Gasteiger partial charge in [-0.05, 0) is 37.3 Å². The van der Waals surface area contributed by atoms with E-state index < -0.39 is 6.10 Å². The van der Waals surface area contributed by atoms with Gasteiger partial charge in [0.1, 0.15) is 5.75 Å². The summed E-state index contributed by atoms with van der Waals surface area (Å²) >= 11 is 0. The molecule has 3 unspecified atom stereocenters. The van der Waals surface area contributed by atoms with E-state index in [1.807, 2.05) is 12.1 Å². The van der Waals surface area contributed by atoms with Crippen LogP contribution in [0, 0.1) is 11.8 Å². The normalized spacial score (nSPS) is 23.6. The predicted molar refractivity (Wildman–Crippen MR) is 74.2 cm³/mol. The van der Waals surface area contributed by atoms with Gasteiger partial charge in [0.2, 0.25) is 0 Å². The van der Waals surface area contributed by atoms with E-state index in [0.29, 0.717) is 0 Å². The first-order valence-corrected chi connectivity index (χ1v) is 6.60. The molecule has 0 bridgehead atoms. The van der Waals surface area contributed by atoms with Crippen LogP contribution >= 0.6 is 0 Å². The number of aliphatic hydroxyl groups is 1. The monoisotopic (exact) mass is 249 g/mol. The third-order valence-electron chi connectivity index (χ3n) is 3.88. The average molecular weight is 249 g/mol. The summed E-state index contributed by atoms with van der Waals surface area (Å²) < 4.78 is 5.35. The van der Waals surface area contributed by atoms with Crippen molar-refractivity contribution < 1.29 is 9.84 Å². The highest BCUT2D eigenvalue weighted by atomic mass is 16.5. The first-order valence-electron chi connectivity index (χ1n) is 6.60. The molecule has 1 aromatic rings. The van der Waals surface area contributed by atoms with Gasteiger partial charge in [0.15, 0.2) is 0 Å². The molecule has 1 aromatic carbocycles. The number of anilines is 1. The van der Waals surface area contributed by atoms with Crippen LogP contribution in [0.4, 0.5) is 5.69 Å².